The predicted octanol–water partition coefficient (Wildman–Crippen LogP) is 16.6. The van der Waals surface area contributed by atoms with E-state index in [1.54, 1.807) is 0 Å². The summed E-state index contributed by atoms with van der Waals surface area (Å²) in [5.41, 5.74) is 11.9. The summed E-state index contributed by atoms with van der Waals surface area (Å²) in [5, 5.41) is 0. The van der Waals surface area contributed by atoms with E-state index in [0.717, 1.165) is 72.9 Å². The van der Waals surface area contributed by atoms with E-state index in [4.69, 9.17) is 9.47 Å². The third-order valence-corrected chi connectivity index (χ3v) is 11.3. The van der Waals surface area contributed by atoms with Crippen molar-refractivity contribution in [2.24, 2.45) is 0 Å². The van der Waals surface area contributed by atoms with Crippen molar-refractivity contribution in [2.45, 2.75) is 137 Å². The molecule has 0 spiro atoms. The number of ether oxygens (including phenoxy) is 2. The Bertz CT molecular complexity index is 2020. The molecule has 2 aromatic heterocycles. The van der Waals surface area contributed by atoms with Gasteiger partial charge in [0.05, 0.1) is 24.6 Å². The topological polar surface area (TPSA) is 44.2 Å². The van der Waals surface area contributed by atoms with Crippen LogP contribution in [0.5, 0.6) is 11.5 Å². The summed E-state index contributed by atoms with van der Waals surface area (Å²) in [7, 11) is 0. The first kappa shape index (κ1) is 46.8. The molecular weight excluding hydrogens is 745 g/mol. The number of aromatic nitrogens is 2. The van der Waals surface area contributed by atoms with Crippen molar-refractivity contribution < 1.29 is 9.47 Å². The molecule has 4 aromatic carbocycles. The number of hydrogen-bond donors (Lipinski definition) is 0. The number of nitrogens with zero attached hydrogens (tertiary/aromatic N) is 2. The van der Waals surface area contributed by atoms with Gasteiger partial charge in [-0.2, -0.15) is 0 Å². The molecule has 0 aliphatic carbocycles. The summed E-state index contributed by atoms with van der Waals surface area (Å²) in [6.45, 7) is 10.6. The zero-order chi connectivity index (χ0) is 42.7. The number of unbranched alkanes of at least 4 members (excludes halogenated alkanes) is 11. The molecule has 4 heteroatoms. The lowest BCUT2D eigenvalue weighted by molar-refractivity contribution is 0.304. The van der Waals surface area contributed by atoms with Crippen LogP contribution in [-0.4, -0.2) is 23.2 Å². The molecule has 4 nitrogen and oxygen atoms in total. The van der Waals surface area contributed by atoms with E-state index in [2.05, 4.69) is 159 Å². The molecule has 0 aliphatic heterocycles. The minimum Gasteiger partial charge on any atom is -0.494 e. The first-order valence-electron chi connectivity index (χ1n) is 23.7. The molecule has 2 heterocycles. The van der Waals surface area contributed by atoms with Crippen molar-refractivity contribution in [1.29, 1.82) is 0 Å². The average Bonchev–Trinajstić information content (AvgIpc) is 3.31. The minimum atomic E-state index is 0.804. The predicted molar refractivity (Wildman–Crippen MR) is 261 cm³/mol. The van der Waals surface area contributed by atoms with Gasteiger partial charge < -0.3 is 9.47 Å². The molecule has 0 unspecified atom stereocenters. The molecule has 0 saturated heterocycles. The number of rotatable bonds is 25. The van der Waals surface area contributed by atoms with Gasteiger partial charge in [-0.15, -0.1) is 0 Å². The summed E-state index contributed by atoms with van der Waals surface area (Å²) in [6.07, 6.45) is 25.1. The lowest BCUT2D eigenvalue weighted by Gasteiger charge is -2.08. The van der Waals surface area contributed by atoms with Crippen LogP contribution in [0.3, 0.4) is 0 Å². The van der Waals surface area contributed by atoms with Crippen LogP contribution in [0, 0.1) is 0 Å². The number of benzene rings is 4. The summed E-state index contributed by atoms with van der Waals surface area (Å²) in [6, 6.07) is 42.9. The van der Waals surface area contributed by atoms with E-state index in [1.807, 2.05) is 12.4 Å². The fourth-order valence-corrected chi connectivity index (χ4v) is 7.41. The van der Waals surface area contributed by atoms with Gasteiger partial charge in [0.25, 0.3) is 0 Å². The van der Waals surface area contributed by atoms with Gasteiger partial charge in [0.15, 0.2) is 0 Å². The lowest BCUT2D eigenvalue weighted by atomic mass is 10.0. The average molecular weight is 817 g/mol. The van der Waals surface area contributed by atoms with Gasteiger partial charge in [-0.05, 0) is 108 Å². The molecule has 61 heavy (non-hydrogen) atoms. The Morgan fingerprint density at radius 3 is 0.967 bits per heavy atom. The van der Waals surface area contributed by atoms with Gasteiger partial charge in [0.2, 0.25) is 0 Å². The number of aryl methyl sites for hydroxylation is 2. The molecule has 0 bridgehead atoms. The van der Waals surface area contributed by atoms with Gasteiger partial charge in [0, 0.05) is 23.5 Å². The van der Waals surface area contributed by atoms with E-state index in [1.165, 1.54) is 117 Å². The highest BCUT2D eigenvalue weighted by Crippen LogP contribution is 2.28. The van der Waals surface area contributed by atoms with E-state index in [-0.39, 0.29) is 0 Å². The number of pyridine rings is 2. The second-order valence-corrected chi connectivity index (χ2v) is 16.4. The molecule has 0 atom stereocenters. The molecule has 0 fully saturated rings. The standard InChI is InChI=1S/C29H37NO.C28H35NO/c1-3-5-7-8-10-22-31-28-19-17-26(18-20-28)25-13-15-27(16-14-25)29-21-12-24(23-30-29)11-9-6-4-2;1-3-5-7-9-21-30-27-18-16-25(17-19-27)24-12-14-26(15-13-24)28-20-11-23(22-29-28)10-8-6-4-2/h12-21,23H,3-11,22H2,1-2H3;11-20,22H,3-10,21H2,1-2H3. The Morgan fingerprint density at radius 1 is 0.311 bits per heavy atom. The van der Waals surface area contributed by atoms with Crippen molar-refractivity contribution in [3.8, 4) is 56.3 Å². The highest BCUT2D eigenvalue weighted by molar-refractivity contribution is 5.70. The van der Waals surface area contributed by atoms with Crippen LogP contribution >= 0.6 is 0 Å². The van der Waals surface area contributed by atoms with Crippen LogP contribution in [0.1, 0.15) is 135 Å². The van der Waals surface area contributed by atoms with Crippen LogP contribution in [0.15, 0.2) is 134 Å². The molecule has 0 amide bonds. The van der Waals surface area contributed by atoms with E-state index >= 15 is 0 Å². The van der Waals surface area contributed by atoms with Gasteiger partial charge in [-0.3, -0.25) is 9.97 Å². The monoisotopic (exact) mass is 817 g/mol. The molecule has 322 valence electrons. The zero-order valence-corrected chi connectivity index (χ0v) is 37.8. The highest BCUT2D eigenvalue weighted by Gasteiger charge is 2.06. The van der Waals surface area contributed by atoms with Gasteiger partial charge in [0.1, 0.15) is 11.5 Å². The Balaban J connectivity index is 0.000000231. The van der Waals surface area contributed by atoms with E-state index < -0.39 is 0 Å². The maximum Gasteiger partial charge on any atom is 0.119 e. The van der Waals surface area contributed by atoms with Crippen molar-refractivity contribution in [3.05, 3.63) is 145 Å². The smallest absolute Gasteiger partial charge is 0.119 e. The van der Waals surface area contributed by atoms with Crippen molar-refractivity contribution in [2.75, 3.05) is 13.2 Å². The van der Waals surface area contributed by atoms with E-state index in [9.17, 15) is 0 Å². The molecule has 6 aromatic rings. The number of hydrogen-bond acceptors (Lipinski definition) is 4. The Kier molecular flexibility index (Phi) is 21.2. The van der Waals surface area contributed by atoms with Crippen LogP contribution in [-0.2, 0) is 12.8 Å². The van der Waals surface area contributed by atoms with Crippen molar-refractivity contribution in [1.82, 2.24) is 9.97 Å². The maximum atomic E-state index is 5.89. The Labute approximate surface area is 369 Å². The molecule has 0 aliphatic rings. The highest BCUT2D eigenvalue weighted by atomic mass is 16.5. The van der Waals surface area contributed by atoms with Crippen LogP contribution in [0.25, 0.3) is 44.8 Å². The second-order valence-electron chi connectivity index (χ2n) is 16.4. The molecule has 0 radical (unpaired) electrons. The molecule has 6 rings (SSSR count). The molecule has 0 N–H and O–H groups in total. The largest absolute Gasteiger partial charge is 0.494 e. The SMILES string of the molecule is CCCCCCCOc1ccc(-c2ccc(-c3ccc(CCCCC)cn3)cc2)cc1.CCCCCCOc1ccc(-c2ccc(-c3ccc(CCCCC)cn3)cc2)cc1. The van der Waals surface area contributed by atoms with Gasteiger partial charge in [-0.1, -0.05) is 183 Å². The fraction of sp³-hybridized carbons (Fsp3) is 0.404. The molecule has 0 saturated carbocycles. The quantitative estimate of drug-likeness (QED) is 0.0540. The van der Waals surface area contributed by atoms with Gasteiger partial charge >= 0.3 is 0 Å². The Hall–Kier alpha value is -5.22. The Morgan fingerprint density at radius 2 is 0.623 bits per heavy atom. The van der Waals surface area contributed by atoms with Crippen LogP contribution < -0.4 is 9.47 Å². The fourth-order valence-electron chi connectivity index (χ4n) is 7.41. The van der Waals surface area contributed by atoms with Crippen LogP contribution in [0.2, 0.25) is 0 Å². The van der Waals surface area contributed by atoms with Crippen LogP contribution in [0.4, 0.5) is 0 Å². The zero-order valence-electron chi connectivity index (χ0n) is 37.8. The van der Waals surface area contributed by atoms with Crippen molar-refractivity contribution in [3.63, 3.8) is 0 Å². The minimum absolute atomic E-state index is 0.804. The summed E-state index contributed by atoms with van der Waals surface area (Å²) in [4.78, 5) is 9.35. The van der Waals surface area contributed by atoms with Gasteiger partial charge in [-0.25, -0.2) is 0 Å². The summed E-state index contributed by atoms with van der Waals surface area (Å²) in [5.74, 6) is 1.91. The van der Waals surface area contributed by atoms with E-state index in [0.29, 0.717) is 0 Å². The second kappa shape index (κ2) is 27.6. The normalized spacial score (nSPS) is 10.9. The summed E-state index contributed by atoms with van der Waals surface area (Å²) < 4.78 is 11.7. The first-order valence-corrected chi connectivity index (χ1v) is 23.7. The third-order valence-electron chi connectivity index (χ3n) is 11.3. The lowest BCUT2D eigenvalue weighted by Crippen LogP contribution is -1.97. The third kappa shape index (κ3) is 16.6. The van der Waals surface area contributed by atoms with Crippen molar-refractivity contribution >= 4 is 0 Å². The first-order chi connectivity index (χ1) is 30.1. The maximum absolute atomic E-state index is 5.89. The molecular formula is C57H72N2O2. The summed E-state index contributed by atoms with van der Waals surface area (Å²) >= 11 is 0.